The van der Waals surface area contributed by atoms with Crippen LogP contribution in [0.3, 0.4) is 0 Å². The minimum absolute atomic E-state index is 0.0102. The van der Waals surface area contributed by atoms with Crippen LogP contribution in [0.4, 0.5) is 4.79 Å². The minimum atomic E-state index is -2.47. The molecule has 3 atom stereocenters. The lowest BCUT2D eigenvalue weighted by Gasteiger charge is -2.29. The van der Waals surface area contributed by atoms with Gasteiger partial charge in [0.2, 0.25) is 11.5 Å². The summed E-state index contributed by atoms with van der Waals surface area (Å²) in [6.45, 7) is 5.09. The van der Waals surface area contributed by atoms with Crippen molar-refractivity contribution >= 4 is 11.8 Å². The molecule has 0 spiro atoms. The van der Waals surface area contributed by atoms with Crippen molar-refractivity contribution in [3.8, 4) is 0 Å². The highest BCUT2D eigenvalue weighted by molar-refractivity contribution is 6.14. The number of rotatable bonds is 1. The van der Waals surface area contributed by atoms with Crippen LogP contribution in [0.25, 0.3) is 0 Å². The molecule has 5 N–H and O–H groups in total. The molecule has 3 unspecified atom stereocenters. The molecule has 1 saturated heterocycles. The molecule has 2 fully saturated rings. The van der Waals surface area contributed by atoms with Crippen LogP contribution in [0.1, 0.15) is 6.92 Å². The van der Waals surface area contributed by atoms with E-state index in [0.717, 1.165) is 0 Å². The number of fused-ring (bicyclic) bond motifs is 3. The van der Waals surface area contributed by atoms with Crippen LogP contribution in [0.2, 0.25) is 0 Å². The Labute approximate surface area is 120 Å². The Balaban J connectivity index is 2.26. The summed E-state index contributed by atoms with van der Waals surface area (Å²) < 4.78 is 0. The number of carbonyl (C=O) groups excluding carboxylic acids is 2. The molecule has 0 aromatic carbocycles. The first-order chi connectivity index (χ1) is 9.64. The molecule has 7 nitrogen and oxygen atoms in total. The van der Waals surface area contributed by atoms with Gasteiger partial charge in [0.25, 0.3) is 5.72 Å². The van der Waals surface area contributed by atoms with E-state index in [2.05, 4.69) is 11.9 Å². The number of aliphatic hydroxyl groups excluding tert-OH is 1. The van der Waals surface area contributed by atoms with E-state index in [1.165, 1.54) is 18.2 Å². The quantitative estimate of drug-likeness (QED) is 0.427. The van der Waals surface area contributed by atoms with E-state index >= 15 is 0 Å². The van der Waals surface area contributed by atoms with E-state index in [-0.39, 0.29) is 16.9 Å². The normalized spacial score (nSPS) is 40.5. The Morgan fingerprint density at radius 1 is 1.24 bits per heavy atom. The molecule has 2 amide bonds. The molecule has 1 aliphatic heterocycles. The van der Waals surface area contributed by atoms with Crippen LogP contribution in [0.5, 0.6) is 0 Å². The van der Waals surface area contributed by atoms with Gasteiger partial charge in [-0.1, -0.05) is 30.9 Å². The third-order valence-corrected chi connectivity index (χ3v) is 4.14. The van der Waals surface area contributed by atoms with Crippen molar-refractivity contribution in [2.45, 2.75) is 18.4 Å². The number of amides is 2. The first-order valence-corrected chi connectivity index (χ1v) is 6.25. The Morgan fingerprint density at radius 2 is 1.86 bits per heavy atom. The second-order valence-electron chi connectivity index (χ2n) is 5.56. The molecule has 0 bridgehead atoms. The maximum atomic E-state index is 12.3. The van der Waals surface area contributed by atoms with Gasteiger partial charge in [0.1, 0.15) is 0 Å². The summed E-state index contributed by atoms with van der Waals surface area (Å²) in [5, 5.41) is 35.0. The zero-order valence-corrected chi connectivity index (χ0v) is 11.2. The van der Waals surface area contributed by atoms with Crippen LogP contribution in [0, 0.1) is 5.41 Å². The fourth-order valence-electron chi connectivity index (χ4n) is 2.76. The van der Waals surface area contributed by atoms with E-state index in [0.29, 0.717) is 0 Å². The van der Waals surface area contributed by atoms with Gasteiger partial charge in [-0.3, -0.25) is 10.1 Å². The maximum absolute atomic E-state index is 12.3. The summed E-state index contributed by atoms with van der Waals surface area (Å²) in [4.78, 5) is 23.8. The largest absolute Gasteiger partial charge is 0.512 e. The fourth-order valence-corrected chi connectivity index (χ4v) is 2.76. The molecule has 1 heterocycles. The van der Waals surface area contributed by atoms with Gasteiger partial charge in [-0.15, -0.1) is 0 Å². The van der Waals surface area contributed by atoms with Gasteiger partial charge in [0.05, 0.1) is 11.2 Å². The molecule has 0 aromatic heterocycles. The van der Waals surface area contributed by atoms with Crippen molar-refractivity contribution < 1.29 is 24.9 Å². The average molecular weight is 290 g/mol. The molecule has 21 heavy (non-hydrogen) atoms. The van der Waals surface area contributed by atoms with Crippen LogP contribution in [0.15, 0.2) is 47.8 Å². The second-order valence-corrected chi connectivity index (χ2v) is 5.56. The number of aliphatic hydroxyl groups is 3. The maximum Gasteiger partial charge on any atom is 0.320 e. The molecule has 0 radical (unpaired) electrons. The lowest BCUT2D eigenvalue weighted by atomic mass is 9.84. The summed E-state index contributed by atoms with van der Waals surface area (Å²) >= 11 is 0. The van der Waals surface area contributed by atoms with Crippen molar-refractivity contribution in [1.29, 1.82) is 0 Å². The Hall–Kier alpha value is -2.38. The summed E-state index contributed by atoms with van der Waals surface area (Å²) in [5.74, 6) is -1.03. The lowest BCUT2D eigenvalue weighted by molar-refractivity contribution is -0.153. The van der Waals surface area contributed by atoms with Crippen molar-refractivity contribution in [2.75, 3.05) is 0 Å². The topological polar surface area (TPSA) is 119 Å². The van der Waals surface area contributed by atoms with Gasteiger partial charge >= 0.3 is 6.03 Å². The lowest BCUT2D eigenvalue weighted by Crippen LogP contribution is -2.60. The van der Waals surface area contributed by atoms with Crippen LogP contribution < -0.4 is 10.6 Å². The fraction of sp³-hybridized carbons (Fsp3) is 0.286. The Bertz CT molecular complexity index is 691. The highest BCUT2D eigenvalue weighted by Crippen LogP contribution is 2.47. The van der Waals surface area contributed by atoms with Gasteiger partial charge < -0.3 is 20.6 Å². The number of Topliss-reactive ketones (excluding diaryl/α,β-unsaturated/α-hetero) is 1. The highest BCUT2D eigenvalue weighted by Gasteiger charge is 2.70. The summed E-state index contributed by atoms with van der Waals surface area (Å²) in [7, 11) is 0. The first-order valence-electron chi connectivity index (χ1n) is 6.25. The minimum Gasteiger partial charge on any atom is -0.512 e. The third-order valence-electron chi connectivity index (χ3n) is 4.14. The van der Waals surface area contributed by atoms with E-state index in [9.17, 15) is 24.9 Å². The third kappa shape index (κ3) is 1.44. The van der Waals surface area contributed by atoms with Gasteiger partial charge in [-0.2, -0.15) is 0 Å². The monoisotopic (exact) mass is 290 g/mol. The number of hydrogen-bond acceptors (Lipinski definition) is 5. The zero-order chi connectivity index (χ0) is 15.6. The van der Waals surface area contributed by atoms with Gasteiger partial charge in [0, 0.05) is 11.1 Å². The zero-order valence-electron chi connectivity index (χ0n) is 11.2. The second kappa shape index (κ2) is 3.63. The van der Waals surface area contributed by atoms with Crippen molar-refractivity contribution in [3.05, 3.63) is 47.8 Å². The molecule has 110 valence electrons. The van der Waals surface area contributed by atoms with Crippen molar-refractivity contribution in [3.63, 3.8) is 0 Å². The summed E-state index contributed by atoms with van der Waals surface area (Å²) in [5.41, 5.74) is -5.76. The summed E-state index contributed by atoms with van der Waals surface area (Å²) in [6, 6.07) is -0.866. The molecule has 3 aliphatic rings. The number of carbonyl (C=O) groups is 2. The first kappa shape index (κ1) is 13.6. The van der Waals surface area contributed by atoms with E-state index in [4.69, 9.17) is 0 Å². The molecule has 7 heteroatoms. The molecule has 0 aromatic rings. The van der Waals surface area contributed by atoms with E-state index < -0.39 is 28.7 Å². The van der Waals surface area contributed by atoms with Gasteiger partial charge in [-0.05, 0) is 6.92 Å². The van der Waals surface area contributed by atoms with Crippen LogP contribution in [-0.2, 0) is 4.79 Å². The molecule has 2 aliphatic carbocycles. The number of nitrogens with one attached hydrogen (secondary N) is 2. The standard InChI is InChI=1S/C14H14N2O5/c1-7(17)12(2)5-3-4-8-9(6-12)13(20)14(21,10(8)18)16-11(19)15-13/h3-6,17,20-21H,1H2,2H3,(H2,15,16,19). The average Bonchev–Trinajstić information content (AvgIpc) is 2.62. The number of allylic oxidation sites excluding steroid dienone is 3. The Morgan fingerprint density at radius 3 is 2.48 bits per heavy atom. The van der Waals surface area contributed by atoms with Crippen LogP contribution in [-0.4, -0.2) is 38.6 Å². The SMILES string of the molecule is C=C(O)C1(C)C=CC=C2C(=O)C3(O)NC(=O)NC3(O)C2=C1. The molecule has 1 saturated carbocycles. The molecular formula is C14H14N2O5. The van der Waals surface area contributed by atoms with E-state index in [1.54, 1.807) is 13.0 Å². The number of hydrogen-bond donors (Lipinski definition) is 5. The highest BCUT2D eigenvalue weighted by atomic mass is 16.4. The number of ketones is 1. The van der Waals surface area contributed by atoms with E-state index in [1.807, 2.05) is 5.32 Å². The predicted molar refractivity (Wildman–Crippen MR) is 71.8 cm³/mol. The predicted octanol–water partition coefficient (Wildman–Crippen LogP) is -0.240. The van der Waals surface area contributed by atoms with Crippen LogP contribution >= 0.6 is 0 Å². The molecular weight excluding hydrogens is 276 g/mol. The van der Waals surface area contributed by atoms with Crippen molar-refractivity contribution in [2.24, 2.45) is 5.41 Å². The smallest absolute Gasteiger partial charge is 0.320 e. The number of urea groups is 1. The van der Waals surface area contributed by atoms with Crippen molar-refractivity contribution in [1.82, 2.24) is 10.6 Å². The van der Waals surface area contributed by atoms with Gasteiger partial charge in [0.15, 0.2) is 0 Å². The molecule has 3 rings (SSSR count). The van der Waals surface area contributed by atoms with Gasteiger partial charge in [-0.25, -0.2) is 4.79 Å². The Kier molecular flexibility index (Phi) is 2.35. The summed E-state index contributed by atoms with van der Waals surface area (Å²) in [6.07, 6.45) is 5.92.